The van der Waals surface area contributed by atoms with E-state index in [0.717, 1.165) is 10.0 Å². The van der Waals surface area contributed by atoms with E-state index in [1.165, 1.54) is 12.1 Å². The molecule has 1 unspecified atom stereocenters. The highest BCUT2D eigenvalue weighted by molar-refractivity contribution is 9.10. The van der Waals surface area contributed by atoms with Crippen LogP contribution in [0.5, 0.6) is 11.5 Å². The van der Waals surface area contributed by atoms with Gasteiger partial charge in [-0.1, -0.05) is 15.9 Å². The fourth-order valence-electron chi connectivity index (χ4n) is 1.83. The van der Waals surface area contributed by atoms with Gasteiger partial charge >= 0.3 is 6.03 Å². The van der Waals surface area contributed by atoms with Crippen molar-refractivity contribution in [1.82, 2.24) is 5.32 Å². The highest BCUT2D eigenvalue weighted by Gasteiger charge is 2.09. The van der Waals surface area contributed by atoms with Gasteiger partial charge in [0.1, 0.15) is 11.5 Å². The van der Waals surface area contributed by atoms with Gasteiger partial charge in [0.05, 0.1) is 0 Å². The molecule has 0 aliphatic heterocycles. The van der Waals surface area contributed by atoms with E-state index in [0.29, 0.717) is 11.4 Å². The number of nitrogens with one attached hydrogen (secondary N) is 2. The van der Waals surface area contributed by atoms with E-state index in [1.807, 2.05) is 25.1 Å². The average molecular weight is 365 g/mol. The molecule has 0 bridgehead atoms. The number of aromatic hydroxyl groups is 1. The second kappa shape index (κ2) is 7.17. The number of phenols is 1. The van der Waals surface area contributed by atoms with E-state index >= 15 is 0 Å². The highest BCUT2D eigenvalue weighted by Crippen LogP contribution is 2.20. The monoisotopic (exact) mass is 364 g/mol. The van der Waals surface area contributed by atoms with E-state index in [-0.39, 0.29) is 11.8 Å². The molecule has 0 saturated heterocycles. The Labute approximate surface area is 137 Å². The van der Waals surface area contributed by atoms with Crippen LogP contribution in [0, 0.1) is 6.92 Å². The van der Waals surface area contributed by atoms with E-state index in [9.17, 15) is 9.90 Å². The summed E-state index contributed by atoms with van der Waals surface area (Å²) in [7, 11) is 0. The van der Waals surface area contributed by atoms with Crippen LogP contribution in [0.15, 0.2) is 46.9 Å². The second-order valence-electron chi connectivity index (χ2n) is 4.82. The van der Waals surface area contributed by atoms with Crippen LogP contribution < -0.4 is 15.4 Å². The van der Waals surface area contributed by atoms with Crippen molar-refractivity contribution in [2.24, 2.45) is 0 Å². The first-order chi connectivity index (χ1) is 10.4. The molecule has 0 fully saturated rings. The van der Waals surface area contributed by atoms with Gasteiger partial charge in [0, 0.05) is 10.2 Å². The van der Waals surface area contributed by atoms with Crippen LogP contribution in [0.2, 0.25) is 0 Å². The van der Waals surface area contributed by atoms with Crippen molar-refractivity contribution in [2.75, 3.05) is 5.32 Å². The van der Waals surface area contributed by atoms with Crippen molar-refractivity contribution in [3.05, 3.63) is 52.5 Å². The number of halogens is 1. The SMILES string of the molecule is Cc1cc(NC(=O)NC(C)Oc2ccc(O)cc2)ccc1Br. The molecule has 0 aromatic heterocycles. The summed E-state index contributed by atoms with van der Waals surface area (Å²) >= 11 is 3.41. The molecular weight excluding hydrogens is 348 g/mol. The van der Waals surface area contributed by atoms with Gasteiger partial charge < -0.3 is 20.5 Å². The van der Waals surface area contributed by atoms with E-state index < -0.39 is 6.23 Å². The lowest BCUT2D eigenvalue weighted by atomic mass is 10.2. The van der Waals surface area contributed by atoms with Crippen molar-refractivity contribution in [3.8, 4) is 11.5 Å². The summed E-state index contributed by atoms with van der Waals surface area (Å²) < 4.78 is 6.52. The molecule has 2 rings (SSSR count). The van der Waals surface area contributed by atoms with Crippen LogP contribution in [0.1, 0.15) is 12.5 Å². The fraction of sp³-hybridized carbons (Fsp3) is 0.188. The molecule has 2 amide bonds. The molecular formula is C16H17BrN2O3. The standard InChI is InChI=1S/C16H17BrN2O3/c1-10-9-12(3-8-15(10)17)19-16(21)18-11(2)22-14-6-4-13(20)5-7-14/h3-9,11,20H,1-2H3,(H2,18,19,21). The van der Waals surface area contributed by atoms with Gasteiger partial charge in [0.2, 0.25) is 0 Å². The lowest BCUT2D eigenvalue weighted by Crippen LogP contribution is -2.39. The number of anilines is 1. The summed E-state index contributed by atoms with van der Waals surface area (Å²) in [4.78, 5) is 11.9. The van der Waals surface area contributed by atoms with Gasteiger partial charge in [-0.2, -0.15) is 0 Å². The number of carbonyl (C=O) groups excluding carboxylic acids is 1. The summed E-state index contributed by atoms with van der Waals surface area (Å²) in [6, 6.07) is 11.5. The van der Waals surface area contributed by atoms with E-state index in [4.69, 9.17) is 4.74 Å². The molecule has 3 N–H and O–H groups in total. The number of benzene rings is 2. The Kier molecular flexibility index (Phi) is 5.27. The van der Waals surface area contributed by atoms with Crippen molar-refractivity contribution in [2.45, 2.75) is 20.1 Å². The third kappa shape index (κ3) is 4.66. The van der Waals surface area contributed by atoms with Gasteiger partial charge in [-0.05, 0) is 61.9 Å². The molecule has 22 heavy (non-hydrogen) atoms. The number of phenolic OH excluding ortho intramolecular Hbond substituents is 1. The van der Waals surface area contributed by atoms with Crippen LogP contribution in [0.3, 0.4) is 0 Å². The summed E-state index contributed by atoms with van der Waals surface area (Å²) in [5.41, 5.74) is 1.74. The minimum Gasteiger partial charge on any atom is -0.508 e. The topological polar surface area (TPSA) is 70.6 Å². The van der Waals surface area contributed by atoms with Crippen LogP contribution in [0.4, 0.5) is 10.5 Å². The minimum absolute atomic E-state index is 0.163. The smallest absolute Gasteiger partial charge is 0.322 e. The Morgan fingerprint density at radius 2 is 1.91 bits per heavy atom. The zero-order valence-corrected chi connectivity index (χ0v) is 13.8. The van der Waals surface area contributed by atoms with Gasteiger partial charge in [-0.15, -0.1) is 0 Å². The Bertz CT molecular complexity index is 659. The molecule has 116 valence electrons. The number of hydrogen-bond acceptors (Lipinski definition) is 3. The van der Waals surface area contributed by atoms with Crippen LogP contribution >= 0.6 is 15.9 Å². The summed E-state index contributed by atoms with van der Waals surface area (Å²) in [5.74, 6) is 0.724. The first-order valence-electron chi connectivity index (χ1n) is 6.73. The zero-order valence-electron chi connectivity index (χ0n) is 12.3. The third-order valence-corrected chi connectivity index (χ3v) is 3.79. The van der Waals surface area contributed by atoms with Crippen molar-refractivity contribution >= 4 is 27.6 Å². The first-order valence-corrected chi connectivity index (χ1v) is 7.52. The van der Waals surface area contributed by atoms with Crippen molar-refractivity contribution < 1.29 is 14.6 Å². The second-order valence-corrected chi connectivity index (χ2v) is 5.67. The minimum atomic E-state index is -0.513. The molecule has 0 saturated carbocycles. The van der Waals surface area contributed by atoms with Crippen LogP contribution in [-0.4, -0.2) is 17.4 Å². The van der Waals surface area contributed by atoms with Crippen molar-refractivity contribution in [1.29, 1.82) is 0 Å². The summed E-state index contributed by atoms with van der Waals surface area (Å²) in [6.45, 7) is 3.67. The molecule has 0 heterocycles. The first kappa shape index (κ1) is 16.2. The van der Waals surface area contributed by atoms with E-state index in [1.54, 1.807) is 19.1 Å². The van der Waals surface area contributed by atoms with Gasteiger partial charge in [-0.3, -0.25) is 0 Å². The molecule has 2 aromatic carbocycles. The number of amides is 2. The predicted molar refractivity (Wildman–Crippen MR) is 89.2 cm³/mol. The normalized spacial score (nSPS) is 11.6. The quantitative estimate of drug-likeness (QED) is 0.717. The highest BCUT2D eigenvalue weighted by atomic mass is 79.9. The van der Waals surface area contributed by atoms with E-state index in [2.05, 4.69) is 26.6 Å². The Balaban J connectivity index is 1.88. The van der Waals surface area contributed by atoms with Gasteiger partial charge in [-0.25, -0.2) is 4.79 Å². The van der Waals surface area contributed by atoms with Gasteiger partial charge in [0.15, 0.2) is 6.23 Å². The molecule has 6 heteroatoms. The lowest BCUT2D eigenvalue weighted by Gasteiger charge is -2.17. The Hall–Kier alpha value is -2.21. The third-order valence-electron chi connectivity index (χ3n) is 2.90. The largest absolute Gasteiger partial charge is 0.508 e. The molecule has 0 spiro atoms. The predicted octanol–water partition coefficient (Wildman–Crippen LogP) is 4.01. The number of aryl methyl sites for hydroxylation is 1. The Morgan fingerprint density at radius 3 is 2.55 bits per heavy atom. The van der Waals surface area contributed by atoms with Crippen LogP contribution in [-0.2, 0) is 0 Å². The number of rotatable bonds is 4. The molecule has 2 aromatic rings. The lowest BCUT2D eigenvalue weighted by molar-refractivity contribution is 0.183. The average Bonchev–Trinajstić information content (AvgIpc) is 2.45. The summed E-state index contributed by atoms with van der Waals surface area (Å²) in [5, 5.41) is 14.6. The molecule has 5 nitrogen and oxygen atoms in total. The zero-order chi connectivity index (χ0) is 16.1. The maximum absolute atomic E-state index is 11.9. The molecule has 1 atom stereocenters. The molecule has 0 aliphatic carbocycles. The number of carbonyl (C=O) groups is 1. The summed E-state index contributed by atoms with van der Waals surface area (Å²) in [6.07, 6.45) is -0.513. The van der Waals surface area contributed by atoms with Crippen molar-refractivity contribution in [3.63, 3.8) is 0 Å². The van der Waals surface area contributed by atoms with Gasteiger partial charge in [0.25, 0.3) is 0 Å². The number of hydrogen-bond donors (Lipinski definition) is 3. The Morgan fingerprint density at radius 1 is 1.23 bits per heavy atom. The van der Waals surface area contributed by atoms with Crippen LogP contribution in [0.25, 0.3) is 0 Å². The number of urea groups is 1. The molecule has 0 radical (unpaired) electrons. The number of ether oxygens (including phenoxy) is 1. The maximum Gasteiger partial charge on any atom is 0.322 e. The molecule has 0 aliphatic rings. The fourth-order valence-corrected chi connectivity index (χ4v) is 2.08. The maximum atomic E-state index is 11.9.